The van der Waals surface area contributed by atoms with Gasteiger partial charge in [0.2, 0.25) is 0 Å². The van der Waals surface area contributed by atoms with Gasteiger partial charge in [0.05, 0.1) is 0 Å². The van der Waals surface area contributed by atoms with Crippen molar-refractivity contribution in [1.29, 1.82) is 0 Å². The van der Waals surface area contributed by atoms with Crippen molar-refractivity contribution in [2.75, 3.05) is 0 Å². The van der Waals surface area contributed by atoms with E-state index in [9.17, 15) is 13.2 Å². The molecule has 0 spiro atoms. The number of hydrogen-bond donors (Lipinski definition) is 1. The molecule has 25 heavy (non-hydrogen) atoms. The van der Waals surface area contributed by atoms with E-state index in [1.54, 1.807) is 0 Å². The Balaban J connectivity index is 0. The van der Waals surface area contributed by atoms with Crippen LogP contribution in [0.2, 0.25) is 0 Å². The Hall–Kier alpha value is 0.380. The zero-order valence-corrected chi connectivity index (χ0v) is 19.1. The van der Waals surface area contributed by atoms with Crippen LogP contribution in [0, 0.1) is 0 Å². The van der Waals surface area contributed by atoms with Gasteiger partial charge in [-0.25, -0.2) is 0 Å². The van der Waals surface area contributed by atoms with E-state index in [1.807, 2.05) is 0 Å². The second-order valence-electron chi connectivity index (χ2n) is 6.58. The summed E-state index contributed by atoms with van der Waals surface area (Å²) in [5, 5.41) is 0. The average Bonchev–Trinajstić information content (AvgIpc) is 2.49. The van der Waals surface area contributed by atoms with Crippen molar-refractivity contribution in [3.8, 4) is 0 Å². The van der Waals surface area contributed by atoms with Gasteiger partial charge in [-0.15, -0.1) is 0 Å². The van der Waals surface area contributed by atoms with Crippen molar-refractivity contribution in [2.45, 2.75) is 110 Å². The molecule has 145 valence electrons. The maximum absolute atomic E-state index is 11.0. The van der Waals surface area contributed by atoms with Gasteiger partial charge in [-0.3, -0.25) is 9.35 Å². The second kappa shape index (κ2) is 19.2. The fraction of sp³-hybridized carbons (Fsp3) is 0.944. The van der Waals surface area contributed by atoms with Crippen LogP contribution >= 0.6 is 0 Å². The largest absolute Gasteiger partial charge is 0.448 e. The van der Waals surface area contributed by atoms with Crippen molar-refractivity contribution in [3.63, 3.8) is 0 Å². The van der Waals surface area contributed by atoms with E-state index >= 15 is 0 Å². The molecular weight excluding hydrogens is 351 g/mol. The molecule has 0 amide bonds. The minimum Gasteiger partial charge on any atom is -0.325 e. The van der Waals surface area contributed by atoms with Crippen LogP contribution in [0.3, 0.4) is 0 Å². The summed E-state index contributed by atoms with van der Waals surface area (Å²) in [7, 11) is -4.64. The number of hydrogen-bond acceptors (Lipinski definition) is 4. The summed E-state index contributed by atoms with van der Waals surface area (Å²) in [6, 6.07) is 0. The van der Waals surface area contributed by atoms with E-state index < -0.39 is 16.4 Å². The summed E-state index contributed by atoms with van der Waals surface area (Å²) in [4.78, 5) is 11.0. The van der Waals surface area contributed by atoms with E-state index in [-0.39, 0.29) is 36.0 Å². The molecule has 0 aliphatic carbocycles. The van der Waals surface area contributed by atoms with Gasteiger partial charge < -0.3 is 4.18 Å². The molecule has 0 heterocycles. The molecule has 0 unspecified atom stereocenters. The molecule has 0 aromatic carbocycles. The van der Waals surface area contributed by atoms with Crippen LogP contribution in [0.1, 0.15) is 110 Å². The Bertz CT molecular complexity index is 398. The third-order valence-electron chi connectivity index (χ3n) is 4.18. The monoisotopic (exact) mass is 387 g/mol. The van der Waals surface area contributed by atoms with Gasteiger partial charge in [-0.2, -0.15) is 8.42 Å². The minimum absolute atomic E-state index is 0. The summed E-state index contributed by atoms with van der Waals surface area (Å²) in [5.41, 5.74) is 0. The van der Waals surface area contributed by atoms with Crippen LogP contribution in [0.5, 0.6) is 0 Å². The van der Waals surface area contributed by atoms with E-state index in [2.05, 4.69) is 11.1 Å². The first kappa shape index (κ1) is 27.6. The molecule has 0 aromatic heterocycles. The Kier molecular flexibility index (Phi) is 21.1. The first-order valence-corrected chi connectivity index (χ1v) is 11.0. The normalized spacial score (nSPS) is 11.1. The zero-order valence-electron chi connectivity index (χ0n) is 16.3. The van der Waals surface area contributed by atoms with Crippen molar-refractivity contribution in [3.05, 3.63) is 0 Å². The standard InChI is InChI=1S/C18H36O5S.Na/c1-2-3-4-5-6-7-8-9-10-11-12-13-14-15-16-17-18(19)23-24(20,21)22;/h2-17H2,1H3,(H,20,21,22);. The summed E-state index contributed by atoms with van der Waals surface area (Å²) < 4.78 is 32.8. The third kappa shape index (κ3) is 24.4. The van der Waals surface area contributed by atoms with Gasteiger partial charge >= 0.3 is 16.4 Å². The molecule has 0 aliphatic heterocycles. The first-order valence-electron chi connectivity index (χ1n) is 9.65. The average molecular weight is 388 g/mol. The van der Waals surface area contributed by atoms with E-state index in [0.717, 1.165) is 19.3 Å². The number of carbonyl (C=O) groups excluding carboxylic acids is 1. The Morgan fingerprint density at radius 2 is 1.04 bits per heavy atom. The van der Waals surface area contributed by atoms with Gasteiger partial charge in [-0.05, 0) is 6.42 Å². The second-order valence-corrected chi connectivity index (χ2v) is 7.60. The summed E-state index contributed by atoms with van der Waals surface area (Å²) in [5.74, 6) is -0.882. The molecule has 0 saturated heterocycles. The van der Waals surface area contributed by atoms with Gasteiger partial charge in [0, 0.05) is 36.0 Å². The number of unbranched alkanes of at least 4 members (excludes halogenated alkanes) is 14. The molecule has 0 aromatic rings. The van der Waals surface area contributed by atoms with Gasteiger partial charge in [0.15, 0.2) is 0 Å². The van der Waals surface area contributed by atoms with Gasteiger partial charge in [-0.1, -0.05) is 96.8 Å². The Labute approximate surface area is 176 Å². The molecule has 0 fully saturated rings. The molecule has 0 rings (SSSR count). The fourth-order valence-electron chi connectivity index (χ4n) is 2.80. The predicted octanol–water partition coefficient (Wildman–Crippen LogP) is 5.21. The topological polar surface area (TPSA) is 80.7 Å². The van der Waals surface area contributed by atoms with Crippen LogP contribution in [-0.2, 0) is 19.4 Å². The summed E-state index contributed by atoms with van der Waals surface area (Å²) >= 11 is 0. The molecule has 0 aliphatic rings. The molecule has 1 N–H and O–H groups in total. The van der Waals surface area contributed by atoms with Crippen LogP contribution in [0.4, 0.5) is 0 Å². The van der Waals surface area contributed by atoms with Gasteiger partial charge in [0.1, 0.15) is 0 Å². The zero-order chi connectivity index (χ0) is 18.1. The Morgan fingerprint density at radius 1 is 0.720 bits per heavy atom. The molecule has 0 saturated carbocycles. The quantitative estimate of drug-likeness (QED) is 0.210. The van der Waals surface area contributed by atoms with Crippen molar-refractivity contribution < 1.29 is 21.9 Å². The van der Waals surface area contributed by atoms with Crippen molar-refractivity contribution >= 4 is 45.9 Å². The molecule has 7 heteroatoms. The predicted molar refractivity (Wildman–Crippen MR) is 103 cm³/mol. The molecule has 1 radical (unpaired) electrons. The molecular formula is C18H36NaO5S. The maximum atomic E-state index is 11.0. The molecule has 0 bridgehead atoms. The van der Waals surface area contributed by atoms with Crippen LogP contribution in [0.15, 0.2) is 0 Å². The van der Waals surface area contributed by atoms with E-state index in [0.29, 0.717) is 6.42 Å². The Morgan fingerprint density at radius 3 is 1.36 bits per heavy atom. The fourth-order valence-corrected chi connectivity index (χ4v) is 3.12. The first-order chi connectivity index (χ1) is 11.5. The summed E-state index contributed by atoms with van der Waals surface area (Å²) in [6.45, 7) is 2.25. The van der Waals surface area contributed by atoms with E-state index in [4.69, 9.17) is 4.55 Å². The number of carbonyl (C=O) groups is 1. The van der Waals surface area contributed by atoms with Crippen LogP contribution < -0.4 is 0 Å². The maximum Gasteiger partial charge on any atom is 0.448 e. The van der Waals surface area contributed by atoms with Crippen LogP contribution in [-0.4, -0.2) is 48.5 Å². The number of rotatable bonds is 17. The van der Waals surface area contributed by atoms with Crippen molar-refractivity contribution in [1.82, 2.24) is 0 Å². The van der Waals surface area contributed by atoms with Gasteiger partial charge in [0.25, 0.3) is 0 Å². The third-order valence-corrected chi connectivity index (χ3v) is 4.58. The summed E-state index contributed by atoms with van der Waals surface area (Å²) in [6.07, 6.45) is 18.5. The molecule has 5 nitrogen and oxygen atoms in total. The minimum atomic E-state index is -4.64. The van der Waals surface area contributed by atoms with E-state index in [1.165, 1.54) is 70.6 Å². The SMILES string of the molecule is CCCCCCCCCCCCCCCCCC(=O)OS(=O)(=O)O.[Na]. The van der Waals surface area contributed by atoms with Crippen molar-refractivity contribution in [2.24, 2.45) is 0 Å². The van der Waals surface area contributed by atoms with Crippen LogP contribution in [0.25, 0.3) is 0 Å². The smallest absolute Gasteiger partial charge is 0.325 e. The molecule has 0 atom stereocenters.